The van der Waals surface area contributed by atoms with E-state index in [0.29, 0.717) is 0 Å². The maximum atomic E-state index is 3.81. The molecule has 0 aliphatic rings. The van der Waals surface area contributed by atoms with E-state index in [1.54, 1.807) is 0 Å². The fourth-order valence-corrected chi connectivity index (χ4v) is 4.95. The lowest BCUT2D eigenvalue weighted by molar-refractivity contribution is 1.07. The first kappa shape index (κ1) is 13.6. The summed E-state index contributed by atoms with van der Waals surface area (Å²) in [6.45, 7) is 2.25. The molecule has 0 aliphatic carbocycles. The van der Waals surface area contributed by atoms with Gasteiger partial charge in [-0.25, -0.2) is 0 Å². The van der Waals surface area contributed by atoms with Gasteiger partial charge in [0.2, 0.25) is 0 Å². The summed E-state index contributed by atoms with van der Waals surface area (Å²) >= 11 is 3.81. The maximum absolute atomic E-state index is 3.81. The smallest absolute Gasteiger partial charge is 0.128 e. The predicted octanol–water partition coefficient (Wildman–Crippen LogP) is 5.65. The molecule has 0 saturated heterocycles. The molecule has 18 heavy (non-hydrogen) atoms. The number of allylic oxidation sites excluding steroid dienone is 1. The minimum atomic E-state index is -0.337. The average molecular weight is 318 g/mol. The van der Waals surface area contributed by atoms with Crippen LogP contribution in [0.3, 0.4) is 0 Å². The first-order valence-electron chi connectivity index (χ1n) is 6.45. The molecule has 0 heterocycles. The Balaban J connectivity index is 2.14. The monoisotopic (exact) mass is 317 g/mol. The number of fused-ring (bicyclic) bond motifs is 1. The van der Waals surface area contributed by atoms with Gasteiger partial charge < -0.3 is 0 Å². The molecule has 2 aromatic rings. The lowest BCUT2D eigenvalue weighted by Gasteiger charge is -2.03. The summed E-state index contributed by atoms with van der Waals surface area (Å²) in [4.78, 5) is 0. The van der Waals surface area contributed by atoms with Crippen LogP contribution in [-0.2, 0) is 0 Å². The fourth-order valence-electron chi connectivity index (χ4n) is 2.08. The van der Waals surface area contributed by atoms with E-state index in [-0.39, 0.29) is 7.42 Å². The lowest BCUT2D eigenvalue weighted by atomic mass is 10.0. The van der Waals surface area contributed by atoms with Crippen molar-refractivity contribution in [3.63, 3.8) is 0 Å². The van der Waals surface area contributed by atoms with Crippen molar-refractivity contribution in [3.8, 4) is 0 Å². The lowest BCUT2D eigenvalue weighted by Crippen LogP contribution is -1.98. The summed E-state index contributed by atoms with van der Waals surface area (Å²) in [7, 11) is -0.337. The molecule has 0 unspecified atom stereocenters. The zero-order chi connectivity index (χ0) is 12.8. The van der Waals surface area contributed by atoms with Gasteiger partial charge in [-0.2, -0.15) is 0 Å². The van der Waals surface area contributed by atoms with Crippen molar-refractivity contribution in [1.29, 1.82) is 0 Å². The quantitative estimate of drug-likeness (QED) is 0.494. The third kappa shape index (κ3) is 3.56. The zero-order valence-corrected chi connectivity index (χ0v) is 13.3. The standard InChI is InChI=1S/C16H18BrSi/c1-2-12-18(17)13-6-10-15-9-5-8-14-7-3-4-11-16(14)15/h3-11H,2,12-13H2,1H3. The topological polar surface area (TPSA) is 0 Å². The highest BCUT2D eigenvalue weighted by molar-refractivity contribution is 9.24. The Hall–Kier alpha value is -0.863. The molecule has 0 saturated carbocycles. The molecule has 0 N–H and O–H groups in total. The second kappa shape index (κ2) is 6.91. The normalized spacial score (nSPS) is 11.7. The van der Waals surface area contributed by atoms with E-state index < -0.39 is 0 Å². The second-order valence-electron chi connectivity index (χ2n) is 4.44. The fraction of sp³-hybridized carbons (Fsp3) is 0.250. The van der Waals surface area contributed by atoms with Crippen LogP contribution >= 0.6 is 15.3 Å². The highest BCUT2D eigenvalue weighted by Gasteiger charge is 2.02. The summed E-state index contributed by atoms with van der Waals surface area (Å²) in [6, 6.07) is 17.6. The Morgan fingerprint density at radius 3 is 2.72 bits per heavy atom. The molecule has 0 atom stereocenters. The van der Waals surface area contributed by atoms with E-state index in [4.69, 9.17) is 0 Å². The minimum Gasteiger partial charge on any atom is -0.128 e. The van der Waals surface area contributed by atoms with Gasteiger partial charge in [-0.3, -0.25) is 0 Å². The van der Waals surface area contributed by atoms with Gasteiger partial charge in [-0.05, 0) is 28.4 Å². The molecule has 2 aromatic carbocycles. The van der Waals surface area contributed by atoms with Gasteiger partial charge in [0.25, 0.3) is 0 Å². The SMILES string of the molecule is CCC[Si](Br)CC=Cc1cccc2ccccc12. The van der Waals surface area contributed by atoms with Gasteiger partial charge in [-0.1, -0.05) is 68.0 Å². The van der Waals surface area contributed by atoms with Gasteiger partial charge in [0.05, 0.1) is 0 Å². The summed E-state index contributed by atoms with van der Waals surface area (Å²) in [5, 5.41) is 2.66. The number of hydrogen-bond acceptors (Lipinski definition) is 0. The number of hydrogen-bond donors (Lipinski definition) is 0. The summed E-state index contributed by atoms with van der Waals surface area (Å²) in [5.41, 5.74) is 1.33. The highest BCUT2D eigenvalue weighted by atomic mass is 79.9. The third-order valence-electron chi connectivity index (χ3n) is 2.98. The van der Waals surface area contributed by atoms with Gasteiger partial charge >= 0.3 is 0 Å². The Labute approximate surface area is 119 Å². The molecule has 93 valence electrons. The highest BCUT2D eigenvalue weighted by Crippen LogP contribution is 2.20. The molecule has 0 nitrogen and oxygen atoms in total. The van der Waals surface area contributed by atoms with Crippen molar-refractivity contribution < 1.29 is 0 Å². The Morgan fingerprint density at radius 2 is 1.89 bits per heavy atom. The average Bonchev–Trinajstić information content (AvgIpc) is 2.39. The van der Waals surface area contributed by atoms with E-state index in [2.05, 4.69) is 76.8 Å². The zero-order valence-electron chi connectivity index (χ0n) is 10.7. The van der Waals surface area contributed by atoms with E-state index in [1.165, 1.54) is 34.8 Å². The van der Waals surface area contributed by atoms with E-state index >= 15 is 0 Å². The Morgan fingerprint density at radius 1 is 1.11 bits per heavy atom. The Bertz CT molecular complexity index is 528. The van der Waals surface area contributed by atoms with Crippen molar-refractivity contribution in [2.45, 2.75) is 25.4 Å². The van der Waals surface area contributed by atoms with Crippen LogP contribution < -0.4 is 0 Å². The van der Waals surface area contributed by atoms with Gasteiger partial charge in [0.1, 0.15) is 7.42 Å². The predicted molar refractivity (Wildman–Crippen MR) is 87.6 cm³/mol. The molecular weight excluding hydrogens is 300 g/mol. The third-order valence-corrected chi connectivity index (χ3v) is 6.86. The number of benzene rings is 2. The first-order valence-corrected chi connectivity index (χ1v) is 10.6. The van der Waals surface area contributed by atoms with Crippen LogP contribution in [0.4, 0.5) is 0 Å². The molecular formula is C16H18BrSi. The van der Waals surface area contributed by atoms with Gasteiger partial charge in [0.15, 0.2) is 0 Å². The van der Waals surface area contributed by atoms with Crippen LogP contribution in [-0.4, -0.2) is 7.42 Å². The minimum absolute atomic E-state index is 0.337. The van der Waals surface area contributed by atoms with Crippen LogP contribution in [0.15, 0.2) is 48.5 Å². The maximum Gasteiger partial charge on any atom is 0.139 e. The van der Waals surface area contributed by atoms with Crippen molar-refractivity contribution in [2.24, 2.45) is 0 Å². The second-order valence-corrected chi connectivity index (χ2v) is 9.75. The summed E-state index contributed by atoms with van der Waals surface area (Å²) < 4.78 is 0. The van der Waals surface area contributed by atoms with Crippen LogP contribution in [0.5, 0.6) is 0 Å². The van der Waals surface area contributed by atoms with Crippen LogP contribution in [0.1, 0.15) is 18.9 Å². The van der Waals surface area contributed by atoms with E-state index in [9.17, 15) is 0 Å². The summed E-state index contributed by atoms with van der Waals surface area (Å²) in [5.74, 6) is 0. The van der Waals surface area contributed by atoms with Crippen LogP contribution in [0.25, 0.3) is 16.8 Å². The van der Waals surface area contributed by atoms with Crippen molar-refractivity contribution in [3.05, 3.63) is 54.1 Å². The van der Waals surface area contributed by atoms with Crippen molar-refractivity contribution in [2.75, 3.05) is 0 Å². The van der Waals surface area contributed by atoms with E-state index in [0.717, 1.165) is 0 Å². The largest absolute Gasteiger partial charge is 0.139 e. The van der Waals surface area contributed by atoms with Gasteiger partial charge in [-0.15, -0.1) is 15.3 Å². The summed E-state index contributed by atoms with van der Waals surface area (Å²) in [6.07, 6.45) is 5.87. The molecule has 0 fully saturated rings. The molecule has 0 amide bonds. The molecule has 0 aliphatic heterocycles. The molecule has 2 rings (SSSR count). The van der Waals surface area contributed by atoms with E-state index in [1.807, 2.05) is 0 Å². The molecule has 1 radical (unpaired) electrons. The first-order chi connectivity index (χ1) is 8.81. The van der Waals surface area contributed by atoms with Crippen molar-refractivity contribution >= 4 is 39.6 Å². The van der Waals surface area contributed by atoms with Gasteiger partial charge in [0, 0.05) is 0 Å². The molecule has 0 bridgehead atoms. The van der Waals surface area contributed by atoms with Crippen molar-refractivity contribution in [1.82, 2.24) is 0 Å². The Kier molecular flexibility index (Phi) is 5.21. The number of halogens is 1. The molecule has 0 spiro atoms. The van der Waals surface area contributed by atoms with Crippen LogP contribution in [0, 0.1) is 0 Å². The molecule has 2 heteroatoms. The molecule has 0 aromatic heterocycles. The van der Waals surface area contributed by atoms with Crippen LogP contribution in [0.2, 0.25) is 12.1 Å². The number of rotatable bonds is 5.